The molecule has 1 N–H and O–H groups in total. The molecule has 0 aromatic heterocycles. The van der Waals surface area contributed by atoms with E-state index in [1.54, 1.807) is 42.5 Å². The van der Waals surface area contributed by atoms with Gasteiger partial charge in [0.15, 0.2) is 0 Å². The quantitative estimate of drug-likeness (QED) is 0.0893. The summed E-state index contributed by atoms with van der Waals surface area (Å²) in [5.74, 6) is -0.565. The largest absolute Gasteiger partial charge is 0.339 e. The first-order valence-electron chi connectivity index (χ1n) is 16.4. The van der Waals surface area contributed by atoms with Gasteiger partial charge in [-0.3, -0.25) is 4.55 Å². The van der Waals surface area contributed by atoms with E-state index in [4.69, 9.17) is 69.6 Å². The van der Waals surface area contributed by atoms with Crippen molar-refractivity contribution in [3.05, 3.63) is 144 Å². The summed E-state index contributed by atoms with van der Waals surface area (Å²) in [6.07, 6.45) is 3.67. The lowest BCUT2D eigenvalue weighted by molar-refractivity contribution is 0.482. The summed E-state index contributed by atoms with van der Waals surface area (Å²) < 4.78 is 35.6. The van der Waals surface area contributed by atoms with E-state index in [-0.39, 0.29) is 4.90 Å². The molecule has 0 aliphatic heterocycles. The molecule has 0 atom stereocenters. The van der Waals surface area contributed by atoms with Crippen molar-refractivity contribution in [3.8, 4) is 0 Å². The van der Waals surface area contributed by atoms with Crippen molar-refractivity contribution in [2.75, 3.05) is 22.9 Å². The summed E-state index contributed by atoms with van der Waals surface area (Å²) in [6.45, 7) is 5.53. The fourth-order valence-electron chi connectivity index (χ4n) is 6.16. The van der Waals surface area contributed by atoms with E-state index >= 15 is 0 Å². The number of benzene rings is 5. The third kappa shape index (κ3) is 9.30. The fourth-order valence-corrected chi connectivity index (χ4v) is 8.93. The molecule has 0 aliphatic carbocycles. The number of nitrogens with zero attached hydrogens (tertiary/aromatic N) is 2. The number of rotatable bonds is 14. The van der Waals surface area contributed by atoms with Crippen molar-refractivity contribution >= 4 is 102 Å². The molecule has 0 saturated heterocycles. The Balaban J connectivity index is 1.62. The molecule has 51 heavy (non-hydrogen) atoms. The molecule has 0 unspecified atom stereocenters. The van der Waals surface area contributed by atoms with Crippen molar-refractivity contribution in [2.24, 2.45) is 0 Å². The third-order valence-corrected chi connectivity index (χ3v) is 11.1. The first-order valence-corrected chi connectivity index (χ1v) is 20.1. The summed E-state index contributed by atoms with van der Waals surface area (Å²) in [7, 11) is -4.55. The van der Waals surface area contributed by atoms with Crippen LogP contribution in [-0.2, 0) is 10.1 Å². The Bertz CT molecular complexity index is 1930. The van der Waals surface area contributed by atoms with Gasteiger partial charge in [0.25, 0.3) is 10.1 Å². The zero-order chi connectivity index (χ0) is 36.9. The minimum absolute atomic E-state index is 0.170. The molecule has 0 aliphatic rings. The molecule has 5 aromatic carbocycles. The molecule has 0 fully saturated rings. The maximum Gasteiger partial charge on any atom is 0.294 e. The lowest BCUT2D eigenvalue weighted by Crippen LogP contribution is -2.20. The van der Waals surface area contributed by atoms with E-state index in [0.29, 0.717) is 60.2 Å². The van der Waals surface area contributed by atoms with E-state index in [0.717, 1.165) is 48.2 Å². The Hall–Kier alpha value is -2.65. The smallest absolute Gasteiger partial charge is 0.294 e. The van der Waals surface area contributed by atoms with E-state index in [2.05, 4.69) is 23.6 Å². The molecule has 0 saturated carbocycles. The Labute approximate surface area is 330 Å². The first kappa shape index (κ1) is 39.6. The molecular formula is C39H36Cl6N2O3S. The highest BCUT2D eigenvalue weighted by molar-refractivity contribution is 7.85. The minimum Gasteiger partial charge on any atom is -0.339 e. The zero-order valence-corrected chi connectivity index (χ0v) is 33.2. The van der Waals surface area contributed by atoms with Crippen molar-refractivity contribution in [1.29, 1.82) is 0 Å². The average Bonchev–Trinajstić information content (AvgIpc) is 3.07. The minimum atomic E-state index is -4.55. The van der Waals surface area contributed by atoms with Gasteiger partial charge in [0.05, 0.1) is 36.4 Å². The van der Waals surface area contributed by atoms with Crippen LogP contribution in [0.15, 0.2) is 102 Å². The number of anilines is 4. The second-order valence-electron chi connectivity index (χ2n) is 12.1. The number of unbranched alkanes of at least 4 members (excludes halogenated alkanes) is 2. The average molecular weight is 826 g/mol. The molecule has 5 rings (SSSR count). The van der Waals surface area contributed by atoms with Gasteiger partial charge in [-0.2, -0.15) is 8.42 Å². The second kappa shape index (κ2) is 17.5. The van der Waals surface area contributed by atoms with Crippen molar-refractivity contribution in [3.63, 3.8) is 0 Å². The lowest BCUT2D eigenvalue weighted by Gasteiger charge is -2.29. The summed E-state index contributed by atoms with van der Waals surface area (Å²) in [5, 5.41) is 2.62. The Morgan fingerprint density at radius 3 is 1.31 bits per heavy atom. The van der Waals surface area contributed by atoms with Crippen LogP contribution < -0.4 is 9.80 Å². The topological polar surface area (TPSA) is 60.9 Å². The van der Waals surface area contributed by atoms with Gasteiger partial charge in [0.2, 0.25) is 0 Å². The van der Waals surface area contributed by atoms with Crippen LogP contribution in [-0.4, -0.2) is 26.1 Å². The van der Waals surface area contributed by atoms with Crippen LogP contribution in [0, 0.1) is 0 Å². The molecule has 0 spiro atoms. The SMILES string of the molecule is CCCCN(c1ccc(C(c2ccc(N(CCCC)c3c(Cl)cc(Cl)cc3Cl)cc2)c2ccccc2S(=O)(=O)O)cc1)c1c(Cl)cc(Cl)cc1Cl. The van der Waals surface area contributed by atoms with Gasteiger partial charge in [-0.05, 0) is 84.1 Å². The highest BCUT2D eigenvalue weighted by Gasteiger charge is 2.26. The van der Waals surface area contributed by atoms with Crippen LogP contribution in [0.3, 0.4) is 0 Å². The maximum atomic E-state index is 12.7. The molecular weight excluding hydrogens is 789 g/mol. The van der Waals surface area contributed by atoms with E-state index in [1.165, 1.54) is 6.07 Å². The third-order valence-electron chi connectivity index (χ3n) is 8.56. The molecule has 0 radical (unpaired) electrons. The maximum absolute atomic E-state index is 12.7. The molecule has 268 valence electrons. The van der Waals surface area contributed by atoms with Gasteiger partial charge in [0, 0.05) is 40.4 Å². The second-order valence-corrected chi connectivity index (χ2v) is 16.0. The summed E-state index contributed by atoms with van der Waals surface area (Å²) in [4.78, 5) is 3.95. The Kier molecular flexibility index (Phi) is 13.5. The molecule has 0 heterocycles. The number of hydrogen-bond acceptors (Lipinski definition) is 4. The Morgan fingerprint density at radius 1 is 0.588 bits per heavy atom. The van der Waals surface area contributed by atoms with E-state index < -0.39 is 16.0 Å². The highest BCUT2D eigenvalue weighted by Crippen LogP contribution is 2.44. The van der Waals surface area contributed by atoms with Crippen molar-refractivity contribution in [1.82, 2.24) is 0 Å². The summed E-state index contributed by atoms with van der Waals surface area (Å²) in [6, 6.07) is 28.8. The van der Waals surface area contributed by atoms with Gasteiger partial charge in [-0.1, -0.05) is 139 Å². The van der Waals surface area contributed by atoms with Crippen molar-refractivity contribution in [2.45, 2.75) is 50.3 Å². The fraction of sp³-hybridized carbons (Fsp3) is 0.231. The Morgan fingerprint density at radius 2 is 0.961 bits per heavy atom. The summed E-state index contributed by atoms with van der Waals surface area (Å²) in [5.41, 5.74) is 5.04. The highest BCUT2D eigenvalue weighted by atomic mass is 35.5. The van der Waals surface area contributed by atoms with Crippen LogP contribution in [0.2, 0.25) is 30.1 Å². The predicted molar refractivity (Wildman–Crippen MR) is 217 cm³/mol. The van der Waals surface area contributed by atoms with Crippen LogP contribution in [0.5, 0.6) is 0 Å². The number of hydrogen-bond donors (Lipinski definition) is 1. The van der Waals surface area contributed by atoms with Gasteiger partial charge in [-0.25, -0.2) is 0 Å². The van der Waals surface area contributed by atoms with E-state index in [9.17, 15) is 13.0 Å². The number of halogens is 6. The summed E-state index contributed by atoms with van der Waals surface area (Å²) >= 11 is 39.1. The zero-order valence-electron chi connectivity index (χ0n) is 27.9. The molecule has 0 amide bonds. The molecule has 12 heteroatoms. The van der Waals surface area contributed by atoms with Crippen LogP contribution in [0.1, 0.15) is 62.1 Å². The van der Waals surface area contributed by atoms with Crippen LogP contribution >= 0.6 is 69.6 Å². The van der Waals surface area contributed by atoms with Crippen molar-refractivity contribution < 1.29 is 13.0 Å². The van der Waals surface area contributed by atoms with Crippen LogP contribution in [0.25, 0.3) is 0 Å². The van der Waals surface area contributed by atoms with Gasteiger partial charge >= 0.3 is 0 Å². The van der Waals surface area contributed by atoms with Gasteiger partial charge in [-0.15, -0.1) is 0 Å². The standard InChI is InChI=1S/C39H36Cl6N2O3S/c1-3-5-19-46(38-32(42)21-27(40)22-33(38)43)29-15-11-25(12-16-29)37(31-9-7-8-10-36(31)51(48,49)50)26-13-17-30(18-14-26)47(20-6-4-2)39-34(44)23-28(41)24-35(39)45/h7-18,21-24,37H,3-6,19-20H2,1-2H3,(H,48,49,50). The molecule has 5 nitrogen and oxygen atoms in total. The monoisotopic (exact) mass is 822 g/mol. The van der Waals surface area contributed by atoms with Gasteiger partial charge < -0.3 is 9.80 Å². The van der Waals surface area contributed by atoms with E-state index in [1.807, 2.05) is 48.5 Å². The van der Waals surface area contributed by atoms with Gasteiger partial charge in [0.1, 0.15) is 0 Å². The molecule has 0 bridgehead atoms. The normalized spacial score (nSPS) is 11.6. The lowest BCUT2D eigenvalue weighted by atomic mass is 9.85. The first-order chi connectivity index (χ1) is 24.3. The van der Waals surface area contributed by atoms with Crippen LogP contribution in [0.4, 0.5) is 22.7 Å². The molecule has 5 aromatic rings. The predicted octanol–water partition coefficient (Wildman–Crippen LogP) is 13.9.